The number of likely N-dealkylation sites (N-methyl/N-ethyl adjacent to an activating group) is 1. The largest absolute Gasteiger partial charge is 0.314 e. The van der Waals surface area contributed by atoms with Gasteiger partial charge in [0.15, 0.2) is 0 Å². The van der Waals surface area contributed by atoms with Crippen LogP contribution < -0.4 is 5.32 Å². The minimum Gasteiger partial charge on any atom is -0.314 e. The molecular formula is C5H12N2. The van der Waals surface area contributed by atoms with Gasteiger partial charge in [-0.1, -0.05) is 0 Å². The van der Waals surface area contributed by atoms with E-state index in [0.717, 1.165) is 0 Å². The summed E-state index contributed by atoms with van der Waals surface area (Å²) in [5.41, 5.74) is 0. The van der Waals surface area contributed by atoms with E-state index in [0.29, 0.717) is 13.1 Å². The first-order valence-electron chi connectivity index (χ1n) is 3.64. The van der Waals surface area contributed by atoms with Gasteiger partial charge in [-0.15, -0.1) is 0 Å². The van der Waals surface area contributed by atoms with Crippen molar-refractivity contribution in [2.75, 3.05) is 33.2 Å². The lowest BCUT2D eigenvalue weighted by Crippen LogP contribution is -2.40. The van der Waals surface area contributed by atoms with E-state index in [2.05, 4.69) is 5.32 Å². The highest BCUT2D eigenvalue weighted by Crippen LogP contribution is 1.82. The molecule has 1 fully saturated rings. The molecule has 2 nitrogen and oxygen atoms in total. The van der Waals surface area contributed by atoms with Crippen LogP contribution in [0.4, 0.5) is 0 Å². The Hall–Kier alpha value is -0.0800. The lowest BCUT2D eigenvalue weighted by molar-refractivity contribution is 0.291. The van der Waals surface area contributed by atoms with E-state index in [1.54, 1.807) is 0 Å². The molecule has 0 aromatic carbocycles. The van der Waals surface area contributed by atoms with Crippen LogP contribution in [0, 0.1) is 0 Å². The van der Waals surface area contributed by atoms with Gasteiger partial charge in [0, 0.05) is 28.9 Å². The Morgan fingerprint density at radius 2 is 2.71 bits per heavy atom. The fraction of sp³-hybridized carbons (Fsp3) is 1.00. The summed E-state index contributed by atoms with van der Waals surface area (Å²) in [4.78, 5) is 1.87. The molecule has 2 heteroatoms. The van der Waals surface area contributed by atoms with Gasteiger partial charge in [-0.2, -0.15) is 0 Å². The molecule has 0 radical (unpaired) electrons. The number of piperazine rings is 1. The number of hydrogen-bond acceptors (Lipinski definition) is 2. The molecule has 42 valence electrons. The Morgan fingerprint density at radius 3 is 3.29 bits per heavy atom. The molecule has 0 saturated carbocycles. The van der Waals surface area contributed by atoms with Gasteiger partial charge < -0.3 is 10.2 Å². The lowest BCUT2D eigenvalue weighted by atomic mass is 10.4. The van der Waals surface area contributed by atoms with Gasteiger partial charge in [0.2, 0.25) is 0 Å². The molecule has 1 N–H and O–H groups in total. The Balaban J connectivity index is 2.35. The van der Waals surface area contributed by atoms with Gasteiger partial charge in [-0.05, 0) is 7.05 Å². The molecule has 1 rings (SSSR count). The molecule has 1 saturated heterocycles. The minimum atomic E-state index is -0.198. The molecule has 1 aliphatic heterocycles. The molecule has 0 bridgehead atoms. The third-order valence-corrected chi connectivity index (χ3v) is 1.04. The van der Waals surface area contributed by atoms with E-state index < -0.39 is 0 Å². The summed E-state index contributed by atoms with van der Waals surface area (Å²) in [7, 11) is 1.88. The molecule has 0 spiro atoms. The smallest absolute Gasteiger partial charge is 0.0444 e. The molecule has 2 unspecified atom stereocenters. The number of nitrogens with zero attached hydrogens (tertiary/aromatic N) is 1. The third-order valence-electron chi connectivity index (χ3n) is 1.04. The average Bonchev–Trinajstić information content (AvgIpc) is 1.80. The summed E-state index contributed by atoms with van der Waals surface area (Å²) < 4.78 is 14.6. The van der Waals surface area contributed by atoms with E-state index in [1.165, 1.54) is 0 Å². The first-order chi connectivity index (χ1) is 4.20. The molecule has 1 heterocycles. The second kappa shape index (κ2) is 2.28. The van der Waals surface area contributed by atoms with Gasteiger partial charge in [-0.3, -0.25) is 0 Å². The lowest BCUT2D eigenvalue weighted by Gasteiger charge is -2.21. The van der Waals surface area contributed by atoms with Crippen LogP contribution in [-0.4, -0.2) is 38.1 Å². The van der Waals surface area contributed by atoms with Crippen molar-refractivity contribution in [1.82, 2.24) is 10.2 Å². The summed E-state index contributed by atoms with van der Waals surface area (Å²) in [6.07, 6.45) is 0. The summed E-state index contributed by atoms with van der Waals surface area (Å²) >= 11 is 0. The van der Waals surface area contributed by atoms with Crippen LogP contribution >= 0.6 is 0 Å². The normalized spacial score (nSPS) is 50.4. The Morgan fingerprint density at radius 1 is 1.86 bits per heavy atom. The molecule has 0 aliphatic carbocycles. The predicted molar refractivity (Wildman–Crippen MR) is 30.4 cm³/mol. The van der Waals surface area contributed by atoms with Crippen molar-refractivity contribution in [3.8, 4) is 0 Å². The van der Waals surface area contributed by atoms with Crippen LogP contribution in [0.3, 0.4) is 0 Å². The first-order valence-corrected chi connectivity index (χ1v) is 2.48. The average molecular weight is 102 g/mol. The van der Waals surface area contributed by atoms with Crippen molar-refractivity contribution in [2.24, 2.45) is 0 Å². The molecular weight excluding hydrogens is 88.1 g/mol. The number of hydrogen-bond donors (Lipinski definition) is 1. The zero-order valence-corrected chi connectivity index (χ0v) is 4.52. The van der Waals surface area contributed by atoms with Crippen molar-refractivity contribution >= 4 is 0 Å². The predicted octanol–water partition coefficient (Wildman–Crippen LogP) is -0.479. The topological polar surface area (TPSA) is 15.3 Å². The molecule has 7 heavy (non-hydrogen) atoms. The van der Waals surface area contributed by atoms with Gasteiger partial charge in [0.1, 0.15) is 0 Å². The van der Waals surface area contributed by atoms with E-state index in [-0.39, 0.29) is 13.0 Å². The first kappa shape index (κ1) is 3.05. The molecule has 0 aromatic heterocycles. The zero-order chi connectivity index (χ0) is 6.85. The second-order valence-electron chi connectivity index (χ2n) is 1.73. The van der Waals surface area contributed by atoms with Crippen LogP contribution in [0.1, 0.15) is 2.74 Å². The summed E-state index contributed by atoms with van der Waals surface area (Å²) in [6.45, 7) is 0.918. The van der Waals surface area contributed by atoms with Crippen molar-refractivity contribution in [2.45, 2.75) is 0 Å². The Labute approximate surface area is 47.3 Å². The van der Waals surface area contributed by atoms with Crippen LogP contribution in [-0.2, 0) is 0 Å². The maximum atomic E-state index is 7.35. The summed E-state index contributed by atoms with van der Waals surface area (Å²) in [5.74, 6) is 0. The highest BCUT2D eigenvalue weighted by molar-refractivity contribution is 4.62. The molecule has 1 aliphatic rings. The van der Waals surface area contributed by atoms with E-state index in [1.807, 2.05) is 11.9 Å². The van der Waals surface area contributed by atoms with Crippen molar-refractivity contribution < 1.29 is 2.74 Å². The highest BCUT2D eigenvalue weighted by atomic mass is 15.2. The van der Waals surface area contributed by atoms with E-state index >= 15 is 0 Å². The van der Waals surface area contributed by atoms with Crippen molar-refractivity contribution in [1.29, 1.82) is 0 Å². The Bertz CT molecular complexity index is 99.0. The summed E-state index contributed by atoms with van der Waals surface area (Å²) in [5, 5.41) is 2.90. The van der Waals surface area contributed by atoms with Crippen LogP contribution in [0.2, 0.25) is 0 Å². The van der Waals surface area contributed by atoms with E-state index in [9.17, 15) is 0 Å². The molecule has 2 atom stereocenters. The minimum absolute atomic E-state index is 0.161. The van der Waals surface area contributed by atoms with Gasteiger partial charge in [0.25, 0.3) is 0 Å². The Kier molecular flexibility index (Phi) is 0.995. The van der Waals surface area contributed by atoms with Gasteiger partial charge in [0.05, 0.1) is 0 Å². The van der Waals surface area contributed by atoms with Crippen LogP contribution in [0.5, 0.6) is 0 Å². The maximum absolute atomic E-state index is 7.35. The standard InChI is InChI=1S/C5H12N2/c1-7-4-2-6-3-5-7/h6H,2-5H2,1H3/i2D,5D. The van der Waals surface area contributed by atoms with Gasteiger partial charge in [-0.25, -0.2) is 0 Å². The number of rotatable bonds is 0. The fourth-order valence-electron chi connectivity index (χ4n) is 0.575. The van der Waals surface area contributed by atoms with Crippen LogP contribution in [0.25, 0.3) is 0 Å². The monoisotopic (exact) mass is 102 g/mol. The van der Waals surface area contributed by atoms with Crippen molar-refractivity contribution in [3.05, 3.63) is 0 Å². The summed E-state index contributed by atoms with van der Waals surface area (Å²) in [6, 6.07) is 0. The van der Waals surface area contributed by atoms with Crippen molar-refractivity contribution in [3.63, 3.8) is 0 Å². The molecule has 0 aromatic rings. The second-order valence-corrected chi connectivity index (χ2v) is 1.73. The molecule has 0 amide bonds. The number of nitrogens with one attached hydrogen (secondary N) is 1. The fourth-order valence-corrected chi connectivity index (χ4v) is 0.575. The zero-order valence-electron chi connectivity index (χ0n) is 6.52. The van der Waals surface area contributed by atoms with Crippen LogP contribution in [0.15, 0.2) is 0 Å². The maximum Gasteiger partial charge on any atom is 0.0444 e. The van der Waals surface area contributed by atoms with Gasteiger partial charge >= 0.3 is 0 Å². The third kappa shape index (κ3) is 1.45. The SMILES string of the molecule is [2H]C1CN(C)C([2H])CN1. The van der Waals surface area contributed by atoms with E-state index in [4.69, 9.17) is 2.74 Å². The highest BCUT2D eigenvalue weighted by Gasteiger charge is 2.01. The quantitative estimate of drug-likeness (QED) is 0.444.